The minimum Gasteiger partial charge on any atom is -0.343 e. The molecule has 2 fully saturated rings. The zero-order chi connectivity index (χ0) is 17.9. The molecule has 0 radical (unpaired) electrons. The first-order valence-electron chi connectivity index (χ1n) is 9.50. The van der Waals surface area contributed by atoms with Crippen LogP contribution in [0, 0.1) is 6.92 Å². The van der Waals surface area contributed by atoms with Crippen LogP contribution in [0.5, 0.6) is 0 Å². The number of benzene rings is 1. The average molecular weight is 370 g/mol. The summed E-state index contributed by atoms with van der Waals surface area (Å²) in [7, 11) is 1.88. The largest absolute Gasteiger partial charge is 0.343 e. The van der Waals surface area contributed by atoms with E-state index < -0.39 is 0 Å². The predicted octanol–water partition coefficient (Wildman–Crippen LogP) is 4.13. The fraction of sp³-hybridized carbons (Fsp3) is 0.500. The number of hydrogen-bond donors (Lipinski definition) is 2. The van der Waals surface area contributed by atoms with Gasteiger partial charge in [0.2, 0.25) is 0 Å². The van der Waals surface area contributed by atoms with Crippen molar-refractivity contribution in [3.63, 3.8) is 0 Å². The van der Waals surface area contributed by atoms with E-state index in [1.807, 2.05) is 17.9 Å². The third-order valence-electron chi connectivity index (χ3n) is 6.43. The van der Waals surface area contributed by atoms with Gasteiger partial charge in [-0.25, -0.2) is 4.68 Å². The highest BCUT2D eigenvalue weighted by molar-refractivity contribution is 6.33. The van der Waals surface area contributed by atoms with Gasteiger partial charge in [0, 0.05) is 36.1 Å². The van der Waals surface area contributed by atoms with Crippen molar-refractivity contribution in [2.24, 2.45) is 4.99 Å². The van der Waals surface area contributed by atoms with Crippen LogP contribution in [0.15, 0.2) is 23.5 Å². The molecule has 2 aromatic rings. The second kappa shape index (κ2) is 5.83. The molecule has 1 unspecified atom stereocenters. The molecular weight excluding hydrogens is 346 g/mol. The lowest BCUT2D eigenvalue weighted by molar-refractivity contribution is 0.347. The van der Waals surface area contributed by atoms with Crippen LogP contribution in [0.4, 0.5) is 5.69 Å². The molecule has 1 atom stereocenters. The highest BCUT2D eigenvalue weighted by Crippen LogP contribution is 2.54. The van der Waals surface area contributed by atoms with Gasteiger partial charge in [-0.15, -0.1) is 0 Å². The molecule has 0 amide bonds. The molecule has 1 saturated carbocycles. The standard InChI is InChI=1S/C20H24ClN5/c1-12-17-14(20(6-4-7-20)19(22-2)25-17)9-15(21)18(12)26-11-13(10-24-26)16-5-3-8-23-16/h9-11,16,23H,3-8H2,1-2H3,(H,22,25). The van der Waals surface area contributed by atoms with Gasteiger partial charge in [-0.2, -0.15) is 5.10 Å². The minimum absolute atomic E-state index is 0.0556. The van der Waals surface area contributed by atoms with E-state index in [4.69, 9.17) is 11.6 Å². The van der Waals surface area contributed by atoms with E-state index in [1.165, 1.54) is 36.1 Å². The Morgan fingerprint density at radius 3 is 2.85 bits per heavy atom. The first kappa shape index (κ1) is 16.3. The molecule has 2 N–H and O–H groups in total. The second-order valence-corrected chi connectivity index (χ2v) is 8.16. The number of nitrogens with zero attached hydrogens (tertiary/aromatic N) is 3. The number of amidine groups is 1. The molecule has 1 aliphatic carbocycles. The summed E-state index contributed by atoms with van der Waals surface area (Å²) in [5, 5.41) is 12.5. The van der Waals surface area contributed by atoms with Gasteiger partial charge < -0.3 is 10.6 Å². The molecule has 0 bridgehead atoms. The van der Waals surface area contributed by atoms with E-state index in [2.05, 4.69) is 39.9 Å². The van der Waals surface area contributed by atoms with Crippen LogP contribution in [-0.4, -0.2) is 29.2 Å². The van der Waals surface area contributed by atoms with Crippen LogP contribution >= 0.6 is 11.6 Å². The van der Waals surface area contributed by atoms with E-state index in [-0.39, 0.29) is 5.41 Å². The van der Waals surface area contributed by atoms with E-state index in [0.29, 0.717) is 6.04 Å². The Bertz CT molecular complexity index is 903. The Morgan fingerprint density at radius 2 is 2.19 bits per heavy atom. The Hall–Kier alpha value is -1.85. The average Bonchev–Trinajstić information content (AvgIpc) is 3.31. The minimum atomic E-state index is 0.0556. The Balaban J connectivity index is 1.60. The zero-order valence-electron chi connectivity index (χ0n) is 15.3. The highest BCUT2D eigenvalue weighted by Gasteiger charge is 2.50. The molecular formula is C20H24ClN5. The van der Waals surface area contributed by atoms with Crippen LogP contribution in [-0.2, 0) is 5.41 Å². The lowest BCUT2D eigenvalue weighted by Crippen LogP contribution is -2.41. The van der Waals surface area contributed by atoms with Crippen LogP contribution in [0.25, 0.3) is 5.69 Å². The fourth-order valence-corrected chi connectivity index (χ4v) is 5.20. The normalized spacial score (nSPS) is 24.7. The van der Waals surface area contributed by atoms with Gasteiger partial charge in [-0.1, -0.05) is 18.0 Å². The summed E-state index contributed by atoms with van der Waals surface area (Å²) in [6.07, 6.45) is 10.0. The van der Waals surface area contributed by atoms with Crippen LogP contribution in [0.2, 0.25) is 5.02 Å². The monoisotopic (exact) mass is 369 g/mol. The van der Waals surface area contributed by atoms with Crippen molar-refractivity contribution in [1.82, 2.24) is 15.1 Å². The van der Waals surface area contributed by atoms with Gasteiger partial charge in [-0.3, -0.25) is 4.99 Å². The van der Waals surface area contributed by atoms with Crippen molar-refractivity contribution >= 4 is 23.1 Å². The summed E-state index contributed by atoms with van der Waals surface area (Å²) < 4.78 is 1.93. The van der Waals surface area contributed by atoms with E-state index >= 15 is 0 Å². The van der Waals surface area contributed by atoms with Gasteiger partial charge in [0.1, 0.15) is 5.84 Å². The maximum Gasteiger partial charge on any atom is 0.111 e. The fourth-order valence-electron chi connectivity index (χ4n) is 4.87. The first-order chi connectivity index (χ1) is 12.6. The van der Waals surface area contributed by atoms with Crippen LogP contribution in [0.1, 0.15) is 54.8 Å². The van der Waals surface area contributed by atoms with Crippen molar-refractivity contribution in [2.75, 3.05) is 18.9 Å². The quantitative estimate of drug-likeness (QED) is 0.836. The number of rotatable bonds is 2. The Kier molecular flexibility index (Phi) is 3.66. The zero-order valence-corrected chi connectivity index (χ0v) is 16.0. The van der Waals surface area contributed by atoms with Crippen molar-refractivity contribution in [1.29, 1.82) is 0 Å². The third-order valence-corrected chi connectivity index (χ3v) is 6.72. The van der Waals surface area contributed by atoms with Gasteiger partial charge in [0.05, 0.1) is 22.3 Å². The Morgan fingerprint density at radius 1 is 1.35 bits per heavy atom. The van der Waals surface area contributed by atoms with Crippen molar-refractivity contribution in [2.45, 2.75) is 50.5 Å². The molecule has 1 saturated heterocycles. The molecule has 136 valence electrons. The summed E-state index contributed by atoms with van der Waals surface area (Å²) >= 11 is 6.77. The number of anilines is 1. The summed E-state index contributed by atoms with van der Waals surface area (Å²) in [4.78, 5) is 4.54. The van der Waals surface area contributed by atoms with E-state index in [1.54, 1.807) is 0 Å². The van der Waals surface area contributed by atoms with Gasteiger partial charge in [0.15, 0.2) is 0 Å². The molecule has 6 heteroatoms. The lowest BCUT2D eigenvalue weighted by Gasteiger charge is -2.38. The van der Waals surface area contributed by atoms with Crippen molar-refractivity contribution < 1.29 is 0 Å². The number of fused-ring (bicyclic) bond motifs is 2. The van der Waals surface area contributed by atoms with Gasteiger partial charge in [-0.05, 0) is 50.8 Å². The summed E-state index contributed by atoms with van der Waals surface area (Å²) in [6.45, 7) is 3.22. The van der Waals surface area contributed by atoms with E-state index in [0.717, 1.165) is 41.5 Å². The first-order valence-corrected chi connectivity index (χ1v) is 9.88. The summed E-state index contributed by atoms with van der Waals surface area (Å²) in [5.74, 6) is 1.09. The van der Waals surface area contributed by atoms with Crippen LogP contribution in [0.3, 0.4) is 0 Å². The predicted molar refractivity (Wildman–Crippen MR) is 106 cm³/mol. The molecule has 1 aromatic carbocycles. The molecule has 1 aromatic heterocycles. The van der Waals surface area contributed by atoms with Crippen molar-refractivity contribution in [3.05, 3.63) is 40.2 Å². The molecule has 1 spiro atoms. The van der Waals surface area contributed by atoms with Gasteiger partial charge >= 0.3 is 0 Å². The molecule has 2 aliphatic heterocycles. The summed E-state index contributed by atoms with van der Waals surface area (Å²) in [6, 6.07) is 2.55. The second-order valence-electron chi connectivity index (χ2n) is 7.75. The smallest absolute Gasteiger partial charge is 0.111 e. The topological polar surface area (TPSA) is 54.2 Å². The number of aromatic nitrogens is 2. The van der Waals surface area contributed by atoms with Crippen LogP contribution < -0.4 is 10.6 Å². The molecule has 3 heterocycles. The number of aliphatic imine (C=N–C) groups is 1. The van der Waals surface area contributed by atoms with E-state index in [9.17, 15) is 0 Å². The maximum absolute atomic E-state index is 6.77. The SMILES string of the molecule is CN=C1Nc2c(cc(Cl)c(-n3cc(C4CCCN4)cn3)c2C)C12CCC2. The van der Waals surface area contributed by atoms with Crippen molar-refractivity contribution in [3.8, 4) is 5.69 Å². The lowest BCUT2D eigenvalue weighted by atomic mass is 9.64. The maximum atomic E-state index is 6.77. The molecule has 5 nitrogen and oxygen atoms in total. The third kappa shape index (κ3) is 2.13. The Labute approximate surface area is 158 Å². The summed E-state index contributed by atoms with van der Waals surface area (Å²) in [5.41, 5.74) is 5.87. The number of hydrogen-bond acceptors (Lipinski definition) is 3. The molecule has 5 rings (SSSR count). The molecule has 3 aliphatic rings. The van der Waals surface area contributed by atoms with Gasteiger partial charge in [0.25, 0.3) is 0 Å². The molecule has 26 heavy (non-hydrogen) atoms. The number of nitrogens with one attached hydrogen (secondary N) is 2. The highest BCUT2D eigenvalue weighted by atomic mass is 35.5. The number of halogens is 1.